The van der Waals surface area contributed by atoms with Crippen LogP contribution in [0.4, 0.5) is 0 Å². The van der Waals surface area contributed by atoms with Crippen LogP contribution in [0.1, 0.15) is 25.5 Å². The normalized spacial score (nSPS) is 12.7. The standard InChI is InChI=1S/C18H21N3O/c1-13(2)22-15-9-7-14(8-10-15)16(19)11-21-12-20-17-5-3-4-6-18(17)21/h3-10,12-13,16H,11,19H2,1-2H3. The summed E-state index contributed by atoms with van der Waals surface area (Å²) in [7, 11) is 0. The Bertz CT molecular complexity index is 746. The van der Waals surface area contributed by atoms with E-state index in [2.05, 4.69) is 15.6 Å². The van der Waals surface area contributed by atoms with Crippen molar-refractivity contribution in [3.8, 4) is 5.75 Å². The minimum absolute atomic E-state index is 0.0780. The Morgan fingerprint density at radius 2 is 1.82 bits per heavy atom. The number of aromatic nitrogens is 2. The molecule has 1 heterocycles. The fourth-order valence-electron chi connectivity index (χ4n) is 2.54. The summed E-state index contributed by atoms with van der Waals surface area (Å²) in [5, 5.41) is 0. The Hall–Kier alpha value is -2.33. The van der Waals surface area contributed by atoms with Crippen molar-refractivity contribution in [2.75, 3.05) is 0 Å². The molecule has 0 aliphatic heterocycles. The van der Waals surface area contributed by atoms with Gasteiger partial charge in [0.25, 0.3) is 0 Å². The van der Waals surface area contributed by atoms with Crippen molar-refractivity contribution in [3.63, 3.8) is 0 Å². The Balaban J connectivity index is 1.75. The minimum atomic E-state index is -0.0780. The van der Waals surface area contributed by atoms with Gasteiger partial charge in [-0.15, -0.1) is 0 Å². The molecule has 0 aliphatic carbocycles. The number of rotatable bonds is 5. The van der Waals surface area contributed by atoms with Gasteiger partial charge < -0.3 is 15.0 Å². The molecule has 3 rings (SSSR count). The lowest BCUT2D eigenvalue weighted by Gasteiger charge is -2.15. The molecule has 1 atom stereocenters. The van der Waals surface area contributed by atoms with Crippen molar-refractivity contribution in [3.05, 3.63) is 60.4 Å². The second-order valence-corrected chi connectivity index (χ2v) is 5.73. The summed E-state index contributed by atoms with van der Waals surface area (Å²) in [6.07, 6.45) is 2.03. The van der Waals surface area contributed by atoms with Crippen LogP contribution in [0.3, 0.4) is 0 Å². The van der Waals surface area contributed by atoms with Crippen LogP contribution < -0.4 is 10.5 Å². The highest BCUT2D eigenvalue weighted by atomic mass is 16.5. The summed E-state index contributed by atoms with van der Waals surface area (Å²) >= 11 is 0. The lowest BCUT2D eigenvalue weighted by molar-refractivity contribution is 0.242. The molecule has 0 saturated carbocycles. The minimum Gasteiger partial charge on any atom is -0.491 e. The average Bonchev–Trinajstić information content (AvgIpc) is 2.91. The zero-order valence-electron chi connectivity index (χ0n) is 12.9. The first-order valence-corrected chi connectivity index (χ1v) is 7.55. The highest BCUT2D eigenvalue weighted by molar-refractivity contribution is 5.74. The number of fused-ring (bicyclic) bond motifs is 1. The maximum Gasteiger partial charge on any atom is 0.119 e. The molecule has 0 spiro atoms. The quantitative estimate of drug-likeness (QED) is 0.783. The number of para-hydroxylation sites is 2. The Morgan fingerprint density at radius 3 is 2.55 bits per heavy atom. The van der Waals surface area contributed by atoms with Gasteiger partial charge in [-0.25, -0.2) is 4.98 Å². The second-order valence-electron chi connectivity index (χ2n) is 5.73. The predicted octanol–water partition coefficient (Wildman–Crippen LogP) is 3.52. The molecule has 2 N–H and O–H groups in total. The molecule has 0 aliphatic rings. The molecule has 4 nitrogen and oxygen atoms in total. The summed E-state index contributed by atoms with van der Waals surface area (Å²) < 4.78 is 7.75. The van der Waals surface area contributed by atoms with Crippen LogP contribution in [0, 0.1) is 0 Å². The van der Waals surface area contributed by atoms with Gasteiger partial charge in [-0.05, 0) is 43.7 Å². The van der Waals surface area contributed by atoms with Gasteiger partial charge in [0.05, 0.1) is 23.5 Å². The molecule has 0 fully saturated rings. The first kappa shape index (κ1) is 14.6. The molecule has 2 aromatic carbocycles. The van der Waals surface area contributed by atoms with E-state index >= 15 is 0 Å². The van der Waals surface area contributed by atoms with Crippen molar-refractivity contribution >= 4 is 11.0 Å². The van der Waals surface area contributed by atoms with Crippen LogP contribution in [0.15, 0.2) is 54.9 Å². The molecule has 114 valence electrons. The van der Waals surface area contributed by atoms with Gasteiger partial charge >= 0.3 is 0 Å². The fraction of sp³-hybridized carbons (Fsp3) is 0.278. The van der Waals surface area contributed by atoms with E-state index in [9.17, 15) is 0 Å². The van der Waals surface area contributed by atoms with Gasteiger partial charge in [-0.3, -0.25) is 0 Å². The fourth-order valence-corrected chi connectivity index (χ4v) is 2.54. The van der Waals surface area contributed by atoms with Gasteiger partial charge in [-0.1, -0.05) is 24.3 Å². The lowest BCUT2D eigenvalue weighted by atomic mass is 10.1. The smallest absolute Gasteiger partial charge is 0.119 e. The molecule has 1 unspecified atom stereocenters. The number of imidazole rings is 1. The van der Waals surface area contributed by atoms with Gasteiger partial charge in [0.2, 0.25) is 0 Å². The van der Waals surface area contributed by atoms with E-state index in [1.165, 1.54) is 0 Å². The number of hydrogen-bond donors (Lipinski definition) is 1. The van der Waals surface area contributed by atoms with Crippen molar-refractivity contribution in [2.24, 2.45) is 5.73 Å². The summed E-state index contributed by atoms with van der Waals surface area (Å²) in [6, 6.07) is 16.0. The Labute approximate surface area is 130 Å². The third-order valence-electron chi connectivity index (χ3n) is 3.60. The van der Waals surface area contributed by atoms with E-state index in [4.69, 9.17) is 10.5 Å². The van der Waals surface area contributed by atoms with E-state index < -0.39 is 0 Å². The van der Waals surface area contributed by atoms with Gasteiger partial charge in [0, 0.05) is 12.6 Å². The largest absolute Gasteiger partial charge is 0.491 e. The topological polar surface area (TPSA) is 53.1 Å². The average molecular weight is 295 g/mol. The maximum atomic E-state index is 6.34. The first-order chi connectivity index (χ1) is 10.6. The van der Waals surface area contributed by atoms with E-state index in [1.807, 2.05) is 62.6 Å². The number of benzene rings is 2. The summed E-state index contributed by atoms with van der Waals surface area (Å²) in [4.78, 5) is 4.40. The van der Waals surface area contributed by atoms with Crippen LogP contribution in [-0.2, 0) is 6.54 Å². The molecule has 3 aromatic rings. The number of nitrogens with zero attached hydrogens (tertiary/aromatic N) is 2. The summed E-state index contributed by atoms with van der Waals surface area (Å²) in [5.74, 6) is 0.874. The summed E-state index contributed by atoms with van der Waals surface area (Å²) in [5.41, 5.74) is 9.54. The molecular formula is C18H21N3O. The Morgan fingerprint density at radius 1 is 1.09 bits per heavy atom. The van der Waals surface area contributed by atoms with Crippen LogP contribution in [0.25, 0.3) is 11.0 Å². The monoisotopic (exact) mass is 295 g/mol. The van der Waals surface area contributed by atoms with Crippen LogP contribution >= 0.6 is 0 Å². The molecule has 0 radical (unpaired) electrons. The SMILES string of the molecule is CC(C)Oc1ccc(C(N)Cn2cnc3ccccc32)cc1. The van der Waals surface area contributed by atoms with E-state index in [1.54, 1.807) is 0 Å². The van der Waals surface area contributed by atoms with Crippen molar-refractivity contribution < 1.29 is 4.74 Å². The van der Waals surface area contributed by atoms with E-state index in [0.29, 0.717) is 6.54 Å². The lowest BCUT2D eigenvalue weighted by Crippen LogP contribution is -2.17. The molecule has 0 saturated heterocycles. The van der Waals surface area contributed by atoms with Gasteiger partial charge in [0.1, 0.15) is 5.75 Å². The first-order valence-electron chi connectivity index (χ1n) is 7.55. The third kappa shape index (κ3) is 3.12. The number of ether oxygens (including phenoxy) is 1. The second kappa shape index (κ2) is 6.20. The number of hydrogen-bond acceptors (Lipinski definition) is 3. The molecule has 0 amide bonds. The van der Waals surface area contributed by atoms with Crippen LogP contribution in [0.5, 0.6) is 5.75 Å². The molecule has 0 bridgehead atoms. The summed E-state index contributed by atoms with van der Waals surface area (Å²) in [6.45, 7) is 4.73. The van der Waals surface area contributed by atoms with Crippen molar-refractivity contribution in [2.45, 2.75) is 32.5 Å². The number of nitrogens with two attached hydrogens (primary N) is 1. The van der Waals surface area contributed by atoms with Crippen LogP contribution in [-0.4, -0.2) is 15.7 Å². The molecular weight excluding hydrogens is 274 g/mol. The molecule has 4 heteroatoms. The third-order valence-corrected chi connectivity index (χ3v) is 3.60. The maximum absolute atomic E-state index is 6.34. The highest BCUT2D eigenvalue weighted by Crippen LogP contribution is 2.20. The van der Waals surface area contributed by atoms with Gasteiger partial charge in [0.15, 0.2) is 0 Å². The Kier molecular flexibility index (Phi) is 4.11. The zero-order valence-corrected chi connectivity index (χ0v) is 12.9. The van der Waals surface area contributed by atoms with Crippen molar-refractivity contribution in [1.82, 2.24) is 9.55 Å². The zero-order chi connectivity index (χ0) is 15.5. The van der Waals surface area contributed by atoms with Crippen molar-refractivity contribution in [1.29, 1.82) is 0 Å². The van der Waals surface area contributed by atoms with E-state index in [0.717, 1.165) is 22.3 Å². The van der Waals surface area contributed by atoms with Crippen LogP contribution in [0.2, 0.25) is 0 Å². The molecule has 22 heavy (non-hydrogen) atoms. The predicted molar refractivity (Wildman–Crippen MR) is 88.9 cm³/mol. The van der Waals surface area contributed by atoms with E-state index in [-0.39, 0.29) is 12.1 Å². The molecule has 1 aromatic heterocycles. The highest BCUT2D eigenvalue weighted by Gasteiger charge is 2.10. The van der Waals surface area contributed by atoms with Gasteiger partial charge in [-0.2, -0.15) is 0 Å².